The Labute approximate surface area is 127 Å². The van der Waals surface area contributed by atoms with Crippen molar-refractivity contribution in [1.29, 1.82) is 0 Å². The Balaban J connectivity index is 2.86. The highest BCUT2D eigenvalue weighted by molar-refractivity contribution is 9.10. The SMILES string of the molecule is CC[C@H](C)NCc1cc(Br)c(OCC(N)=O)c(OC)c1. The van der Waals surface area contributed by atoms with Gasteiger partial charge in [0.05, 0.1) is 11.6 Å². The Hall–Kier alpha value is -1.27. The number of ether oxygens (including phenoxy) is 2. The predicted molar refractivity (Wildman–Crippen MR) is 82.0 cm³/mol. The second-order valence-electron chi connectivity index (χ2n) is 4.55. The van der Waals surface area contributed by atoms with Crippen LogP contribution in [0.2, 0.25) is 0 Å². The smallest absolute Gasteiger partial charge is 0.255 e. The average Bonchev–Trinajstić information content (AvgIpc) is 2.42. The molecule has 1 aromatic rings. The largest absolute Gasteiger partial charge is 0.493 e. The van der Waals surface area contributed by atoms with Crippen molar-refractivity contribution in [3.63, 3.8) is 0 Å². The molecule has 0 radical (unpaired) electrons. The van der Waals surface area contributed by atoms with Crippen LogP contribution in [-0.4, -0.2) is 25.7 Å². The number of nitrogens with two attached hydrogens (primary N) is 1. The number of halogens is 1. The molecule has 0 aliphatic carbocycles. The molecule has 1 atom stereocenters. The van der Waals surface area contributed by atoms with E-state index in [1.807, 2.05) is 12.1 Å². The Bertz CT molecular complexity index is 466. The van der Waals surface area contributed by atoms with E-state index < -0.39 is 5.91 Å². The molecule has 3 N–H and O–H groups in total. The number of rotatable bonds is 8. The van der Waals surface area contributed by atoms with E-state index in [0.717, 1.165) is 23.0 Å². The molecule has 0 spiro atoms. The summed E-state index contributed by atoms with van der Waals surface area (Å²) in [6, 6.07) is 4.27. The number of carbonyl (C=O) groups is 1. The zero-order chi connectivity index (χ0) is 15.1. The van der Waals surface area contributed by atoms with E-state index in [1.165, 1.54) is 0 Å². The number of methoxy groups -OCH3 is 1. The van der Waals surface area contributed by atoms with Gasteiger partial charge in [-0.25, -0.2) is 0 Å². The molecule has 5 nitrogen and oxygen atoms in total. The van der Waals surface area contributed by atoms with Crippen LogP contribution in [0.1, 0.15) is 25.8 Å². The lowest BCUT2D eigenvalue weighted by molar-refractivity contribution is -0.119. The summed E-state index contributed by atoms with van der Waals surface area (Å²) in [6.07, 6.45) is 1.07. The molecule has 0 saturated heterocycles. The second-order valence-corrected chi connectivity index (χ2v) is 5.41. The van der Waals surface area contributed by atoms with Crippen molar-refractivity contribution in [2.24, 2.45) is 5.73 Å². The fraction of sp³-hybridized carbons (Fsp3) is 0.500. The molecule has 1 aromatic carbocycles. The molecule has 1 rings (SSSR count). The Kier molecular flexibility index (Phi) is 6.81. The first-order valence-electron chi connectivity index (χ1n) is 6.48. The van der Waals surface area contributed by atoms with Gasteiger partial charge in [0.2, 0.25) is 0 Å². The first-order chi connectivity index (χ1) is 9.47. The zero-order valence-corrected chi connectivity index (χ0v) is 13.6. The van der Waals surface area contributed by atoms with Crippen molar-refractivity contribution < 1.29 is 14.3 Å². The molecule has 0 bridgehead atoms. The van der Waals surface area contributed by atoms with Gasteiger partial charge >= 0.3 is 0 Å². The van der Waals surface area contributed by atoms with E-state index in [0.29, 0.717) is 17.5 Å². The third kappa shape index (κ3) is 5.02. The molecule has 20 heavy (non-hydrogen) atoms. The van der Waals surface area contributed by atoms with Crippen LogP contribution in [0.15, 0.2) is 16.6 Å². The summed E-state index contributed by atoms with van der Waals surface area (Å²) in [5.74, 6) is 0.529. The van der Waals surface area contributed by atoms with Gasteiger partial charge in [-0.2, -0.15) is 0 Å². The molecule has 0 aliphatic heterocycles. The van der Waals surface area contributed by atoms with E-state index in [2.05, 4.69) is 35.1 Å². The van der Waals surface area contributed by atoms with Gasteiger partial charge in [0.25, 0.3) is 5.91 Å². The average molecular weight is 345 g/mol. The Morgan fingerprint density at radius 2 is 2.20 bits per heavy atom. The van der Waals surface area contributed by atoms with Gasteiger partial charge in [0, 0.05) is 12.6 Å². The number of hydrogen-bond acceptors (Lipinski definition) is 4. The lowest BCUT2D eigenvalue weighted by atomic mass is 10.1. The number of primary amides is 1. The zero-order valence-electron chi connectivity index (χ0n) is 12.0. The normalized spacial score (nSPS) is 12.0. The van der Waals surface area contributed by atoms with Crippen molar-refractivity contribution in [2.75, 3.05) is 13.7 Å². The molecule has 112 valence electrons. The van der Waals surface area contributed by atoms with Gasteiger partial charge in [-0.3, -0.25) is 4.79 Å². The van der Waals surface area contributed by atoms with Crippen LogP contribution < -0.4 is 20.5 Å². The summed E-state index contributed by atoms with van der Waals surface area (Å²) in [4.78, 5) is 10.8. The molecule has 0 aliphatic rings. The standard InChI is InChI=1S/C14H21BrN2O3/c1-4-9(2)17-7-10-5-11(15)14(12(6-10)19-3)20-8-13(16)18/h5-6,9,17H,4,7-8H2,1-3H3,(H2,16,18)/t9-/m0/s1. The minimum absolute atomic E-state index is 0.181. The van der Waals surface area contributed by atoms with Gasteiger partial charge in [-0.05, 0) is 47.0 Å². The van der Waals surface area contributed by atoms with E-state index in [-0.39, 0.29) is 6.61 Å². The molecule has 0 unspecified atom stereocenters. The maximum absolute atomic E-state index is 10.8. The van der Waals surface area contributed by atoms with E-state index in [4.69, 9.17) is 15.2 Å². The highest BCUT2D eigenvalue weighted by atomic mass is 79.9. The number of amides is 1. The number of carbonyl (C=O) groups excluding carboxylic acids is 1. The van der Waals surface area contributed by atoms with Crippen molar-refractivity contribution in [3.8, 4) is 11.5 Å². The maximum atomic E-state index is 10.8. The van der Waals surface area contributed by atoms with Gasteiger partial charge in [-0.1, -0.05) is 6.92 Å². The van der Waals surface area contributed by atoms with Crippen LogP contribution in [0.4, 0.5) is 0 Å². The lowest BCUT2D eigenvalue weighted by Gasteiger charge is -2.15. The summed E-state index contributed by atoms with van der Waals surface area (Å²) >= 11 is 3.43. The monoisotopic (exact) mass is 344 g/mol. The molecule has 1 amide bonds. The van der Waals surface area contributed by atoms with Crippen molar-refractivity contribution in [2.45, 2.75) is 32.9 Å². The first-order valence-corrected chi connectivity index (χ1v) is 7.28. The predicted octanol–water partition coefficient (Wildman–Crippen LogP) is 2.21. The summed E-state index contributed by atoms with van der Waals surface area (Å²) in [5.41, 5.74) is 6.15. The van der Waals surface area contributed by atoms with Gasteiger partial charge in [0.15, 0.2) is 18.1 Å². The molecular weight excluding hydrogens is 324 g/mol. The molecule has 0 fully saturated rings. The van der Waals surface area contributed by atoms with Crippen molar-refractivity contribution in [1.82, 2.24) is 5.32 Å². The van der Waals surface area contributed by atoms with E-state index in [1.54, 1.807) is 7.11 Å². The molecule has 0 saturated carbocycles. The molecule has 0 heterocycles. The fourth-order valence-electron chi connectivity index (χ4n) is 1.60. The van der Waals surface area contributed by atoms with E-state index >= 15 is 0 Å². The van der Waals surface area contributed by atoms with Crippen LogP contribution in [-0.2, 0) is 11.3 Å². The number of hydrogen-bond donors (Lipinski definition) is 2. The quantitative estimate of drug-likeness (QED) is 0.758. The van der Waals surface area contributed by atoms with Crippen LogP contribution in [0.3, 0.4) is 0 Å². The van der Waals surface area contributed by atoms with Crippen molar-refractivity contribution in [3.05, 3.63) is 22.2 Å². The van der Waals surface area contributed by atoms with E-state index in [9.17, 15) is 4.79 Å². The van der Waals surface area contributed by atoms with Crippen LogP contribution >= 0.6 is 15.9 Å². The summed E-state index contributed by atoms with van der Waals surface area (Å²) in [6.45, 7) is 4.82. The summed E-state index contributed by atoms with van der Waals surface area (Å²) in [7, 11) is 1.56. The number of benzene rings is 1. The highest BCUT2D eigenvalue weighted by Gasteiger charge is 2.13. The van der Waals surface area contributed by atoms with Crippen LogP contribution in [0, 0.1) is 0 Å². The third-order valence-corrected chi connectivity index (χ3v) is 3.50. The summed E-state index contributed by atoms with van der Waals surface area (Å²) < 4.78 is 11.4. The molecule has 0 aromatic heterocycles. The first kappa shape index (κ1) is 16.8. The molecule has 6 heteroatoms. The van der Waals surface area contributed by atoms with Crippen molar-refractivity contribution >= 4 is 21.8 Å². The van der Waals surface area contributed by atoms with Crippen LogP contribution in [0.5, 0.6) is 11.5 Å². The minimum Gasteiger partial charge on any atom is -0.493 e. The summed E-state index contributed by atoms with van der Waals surface area (Å²) in [5, 5.41) is 3.41. The molecular formula is C14H21BrN2O3. The van der Waals surface area contributed by atoms with Crippen LogP contribution in [0.25, 0.3) is 0 Å². The maximum Gasteiger partial charge on any atom is 0.255 e. The van der Waals surface area contributed by atoms with Gasteiger partial charge in [-0.15, -0.1) is 0 Å². The Morgan fingerprint density at radius 1 is 1.50 bits per heavy atom. The number of nitrogens with one attached hydrogen (secondary N) is 1. The van der Waals surface area contributed by atoms with Gasteiger partial charge < -0.3 is 20.5 Å². The lowest BCUT2D eigenvalue weighted by Crippen LogP contribution is -2.24. The fourth-order valence-corrected chi connectivity index (χ4v) is 2.20. The second kappa shape index (κ2) is 8.11. The topological polar surface area (TPSA) is 73.6 Å². The third-order valence-electron chi connectivity index (χ3n) is 2.92. The van der Waals surface area contributed by atoms with Gasteiger partial charge in [0.1, 0.15) is 0 Å². The highest BCUT2D eigenvalue weighted by Crippen LogP contribution is 2.36. The minimum atomic E-state index is -0.526. The Morgan fingerprint density at radius 3 is 2.75 bits per heavy atom.